The number of nitriles is 2. The molecule has 0 atom stereocenters. The van der Waals surface area contributed by atoms with E-state index in [1.54, 1.807) is 0 Å². The first-order chi connectivity index (χ1) is 6.86. The molecule has 1 aromatic carbocycles. The summed E-state index contributed by atoms with van der Waals surface area (Å²) < 4.78 is 0. The van der Waals surface area contributed by atoms with Crippen LogP contribution in [0.2, 0.25) is 0 Å². The Bertz CT molecular complexity index is 351. The van der Waals surface area contributed by atoms with Gasteiger partial charge in [-0.25, -0.2) is 0 Å². The normalized spacial score (nSPS) is 9.00. The third-order valence-electron chi connectivity index (χ3n) is 2.09. The van der Waals surface area contributed by atoms with Gasteiger partial charge in [-0.2, -0.15) is 10.5 Å². The van der Waals surface area contributed by atoms with E-state index in [0.717, 1.165) is 19.3 Å². The van der Waals surface area contributed by atoms with Gasteiger partial charge in [-0.05, 0) is 37.0 Å². The van der Waals surface area contributed by atoms with Gasteiger partial charge in [-0.3, -0.25) is 0 Å². The summed E-state index contributed by atoms with van der Waals surface area (Å²) in [5.74, 6) is 0. The molecule has 70 valence electrons. The van der Waals surface area contributed by atoms with Gasteiger partial charge >= 0.3 is 0 Å². The Morgan fingerprint density at radius 1 is 1.00 bits per heavy atom. The van der Waals surface area contributed by atoms with Crippen LogP contribution in [0.5, 0.6) is 0 Å². The predicted molar refractivity (Wildman–Crippen MR) is 54.3 cm³/mol. The average Bonchev–Trinajstić information content (AvgIpc) is 2.25. The maximum atomic E-state index is 8.59. The van der Waals surface area contributed by atoms with Crippen LogP contribution in [-0.2, 0) is 6.42 Å². The molecule has 0 bridgehead atoms. The summed E-state index contributed by atoms with van der Waals surface area (Å²) in [7, 11) is 0. The highest BCUT2D eigenvalue weighted by atomic mass is 14.2. The summed E-state index contributed by atoms with van der Waals surface area (Å²) >= 11 is 0. The van der Waals surface area contributed by atoms with E-state index in [1.807, 2.05) is 24.3 Å². The van der Waals surface area contributed by atoms with Crippen LogP contribution in [0.15, 0.2) is 24.3 Å². The lowest BCUT2D eigenvalue weighted by molar-refractivity contribution is 0.752. The van der Waals surface area contributed by atoms with Gasteiger partial charge < -0.3 is 0 Å². The largest absolute Gasteiger partial charge is 0.198 e. The molecule has 0 aliphatic heterocycles. The lowest BCUT2D eigenvalue weighted by Gasteiger charge is -1.99. The highest BCUT2D eigenvalue weighted by Crippen LogP contribution is 2.07. The zero-order valence-electron chi connectivity index (χ0n) is 8.03. The molecule has 0 radical (unpaired) electrons. The monoisotopic (exact) mass is 184 g/mol. The molecular formula is C12H12N2. The molecule has 0 heterocycles. The first-order valence-electron chi connectivity index (χ1n) is 4.73. The van der Waals surface area contributed by atoms with Crippen molar-refractivity contribution in [3.8, 4) is 12.1 Å². The smallest absolute Gasteiger partial charge is 0.0991 e. The molecule has 0 aliphatic rings. The minimum atomic E-state index is 0.635. The van der Waals surface area contributed by atoms with Crippen molar-refractivity contribution in [1.29, 1.82) is 10.5 Å². The van der Waals surface area contributed by atoms with Crippen LogP contribution in [0.1, 0.15) is 30.4 Å². The molecule has 14 heavy (non-hydrogen) atoms. The van der Waals surface area contributed by atoms with Crippen molar-refractivity contribution < 1.29 is 0 Å². The van der Waals surface area contributed by atoms with Gasteiger partial charge in [0.25, 0.3) is 0 Å². The van der Waals surface area contributed by atoms with Crippen LogP contribution in [0.3, 0.4) is 0 Å². The van der Waals surface area contributed by atoms with Gasteiger partial charge in [-0.1, -0.05) is 12.1 Å². The molecule has 2 heteroatoms. The maximum absolute atomic E-state index is 8.59. The van der Waals surface area contributed by atoms with E-state index in [-0.39, 0.29) is 0 Å². The zero-order valence-corrected chi connectivity index (χ0v) is 8.03. The fraction of sp³-hybridized carbons (Fsp3) is 0.333. The zero-order chi connectivity index (χ0) is 10.2. The highest BCUT2D eigenvalue weighted by molar-refractivity contribution is 5.31. The molecule has 0 saturated carbocycles. The Balaban J connectivity index is 2.38. The van der Waals surface area contributed by atoms with Crippen molar-refractivity contribution in [3.63, 3.8) is 0 Å². The second-order valence-electron chi connectivity index (χ2n) is 3.17. The van der Waals surface area contributed by atoms with Crippen molar-refractivity contribution in [3.05, 3.63) is 35.4 Å². The Hall–Kier alpha value is -1.80. The van der Waals surface area contributed by atoms with E-state index in [0.29, 0.717) is 12.0 Å². The number of unbranched alkanes of at least 4 members (excludes halogenated alkanes) is 2. The summed E-state index contributed by atoms with van der Waals surface area (Å²) in [5.41, 5.74) is 1.94. The van der Waals surface area contributed by atoms with Gasteiger partial charge in [0.1, 0.15) is 0 Å². The van der Waals surface area contributed by atoms with Crippen LogP contribution in [0, 0.1) is 22.7 Å². The molecule has 0 aliphatic carbocycles. The van der Waals surface area contributed by atoms with Crippen molar-refractivity contribution in [2.45, 2.75) is 25.7 Å². The molecule has 0 fully saturated rings. The highest BCUT2D eigenvalue weighted by Gasteiger charge is 1.94. The third kappa shape index (κ3) is 3.29. The van der Waals surface area contributed by atoms with Crippen LogP contribution in [0.4, 0.5) is 0 Å². The van der Waals surface area contributed by atoms with Gasteiger partial charge in [-0.15, -0.1) is 0 Å². The van der Waals surface area contributed by atoms with Crippen molar-refractivity contribution in [1.82, 2.24) is 0 Å². The molecule has 0 saturated heterocycles. The lowest BCUT2D eigenvalue weighted by Crippen LogP contribution is -1.85. The standard InChI is InChI=1S/C12H12N2/c13-9-3-1-2-4-11-5-7-12(10-14)8-6-11/h5-8H,1-4H2. The second kappa shape index (κ2) is 5.78. The fourth-order valence-electron chi connectivity index (χ4n) is 1.28. The van der Waals surface area contributed by atoms with Gasteiger partial charge in [0.15, 0.2) is 0 Å². The Morgan fingerprint density at radius 2 is 1.71 bits per heavy atom. The Kier molecular flexibility index (Phi) is 4.24. The van der Waals surface area contributed by atoms with Crippen molar-refractivity contribution >= 4 is 0 Å². The maximum Gasteiger partial charge on any atom is 0.0991 e. The molecule has 0 amide bonds. The number of rotatable bonds is 4. The molecule has 1 rings (SSSR count). The number of nitrogens with zero attached hydrogens (tertiary/aromatic N) is 2. The van der Waals surface area contributed by atoms with Crippen LogP contribution in [-0.4, -0.2) is 0 Å². The van der Waals surface area contributed by atoms with Crippen LogP contribution in [0.25, 0.3) is 0 Å². The second-order valence-corrected chi connectivity index (χ2v) is 3.17. The Morgan fingerprint density at radius 3 is 2.29 bits per heavy atom. The third-order valence-corrected chi connectivity index (χ3v) is 2.09. The van der Waals surface area contributed by atoms with E-state index < -0.39 is 0 Å². The van der Waals surface area contributed by atoms with Gasteiger partial charge in [0, 0.05) is 6.42 Å². The molecule has 0 aromatic heterocycles. The van der Waals surface area contributed by atoms with Crippen LogP contribution >= 0.6 is 0 Å². The predicted octanol–water partition coefficient (Wildman–Crippen LogP) is 2.79. The molecule has 1 aromatic rings. The molecule has 0 spiro atoms. The summed E-state index contributed by atoms with van der Waals surface area (Å²) in [4.78, 5) is 0. The first kappa shape index (κ1) is 10.3. The van der Waals surface area contributed by atoms with Crippen LogP contribution < -0.4 is 0 Å². The summed E-state index contributed by atoms with van der Waals surface area (Å²) in [5, 5.41) is 16.9. The topological polar surface area (TPSA) is 47.6 Å². The Labute approximate surface area is 84.4 Å². The van der Waals surface area contributed by atoms with E-state index in [1.165, 1.54) is 5.56 Å². The van der Waals surface area contributed by atoms with E-state index in [4.69, 9.17) is 10.5 Å². The summed E-state index contributed by atoms with van der Waals surface area (Å²) in [6.45, 7) is 0. The average molecular weight is 184 g/mol. The lowest BCUT2D eigenvalue weighted by atomic mass is 10.1. The summed E-state index contributed by atoms with van der Waals surface area (Å²) in [6.07, 6.45) is 3.62. The van der Waals surface area contributed by atoms with E-state index >= 15 is 0 Å². The van der Waals surface area contributed by atoms with Gasteiger partial charge in [0.2, 0.25) is 0 Å². The van der Waals surface area contributed by atoms with E-state index in [2.05, 4.69) is 12.1 Å². The van der Waals surface area contributed by atoms with Crippen molar-refractivity contribution in [2.24, 2.45) is 0 Å². The molecule has 0 unspecified atom stereocenters. The van der Waals surface area contributed by atoms with Crippen molar-refractivity contribution in [2.75, 3.05) is 0 Å². The minimum Gasteiger partial charge on any atom is -0.198 e. The van der Waals surface area contributed by atoms with E-state index in [9.17, 15) is 0 Å². The molecule has 2 nitrogen and oxygen atoms in total. The minimum absolute atomic E-state index is 0.635. The summed E-state index contributed by atoms with van der Waals surface area (Å²) in [6, 6.07) is 11.8. The SMILES string of the molecule is N#CCCCCc1ccc(C#N)cc1. The quantitative estimate of drug-likeness (QED) is 0.675. The number of hydrogen-bond donors (Lipinski definition) is 0. The number of benzene rings is 1. The number of hydrogen-bond acceptors (Lipinski definition) is 2. The molecular weight excluding hydrogens is 172 g/mol. The first-order valence-corrected chi connectivity index (χ1v) is 4.73. The fourth-order valence-corrected chi connectivity index (χ4v) is 1.28. The molecule has 0 N–H and O–H groups in total. The van der Waals surface area contributed by atoms with Gasteiger partial charge in [0.05, 0.1) is 17.7 Å². The number of aryl methyl sites for hydroxylation is 1.